The van der Waals surface area contributed by atoms with Crippen LogP contribution in [0.15, 0.2) is 0 Å². The minimum Gasteiger partial charge on any atom is -0.384 e. The molecule has 2 saturated heterocycles. The van der Waals surface area contributed by atoms with Crippen molar-refractivity contribution in [1.82, 2.24) is 20.4 Å². The second-order valence-electron chi connectivity index (χ2n) is 8.43. The summed E-state index contributed by atoms with van der Waals surface area (Å²) in [6, 6.07) is 0.364. The molecule has 0 spiro atoms. The number of piperidine rings is 1. The second-order valence-corrected chi connectivity index (χ2v) is 8.43. The molecule has 1 saturated carbocycles. The van der Waals surface area contributed by atoms with Gasteiger partial charge in [-0.3, -0.25) is 14.5 Å². The number of hydrogen-bond donors (Lipinski definition) is 2. The molecule has 0 atom stereocenters. The number of piperazine rings is 1. The molecule has 2 amide bonds. The fourth-order valence-corrected chi connectivity index (χ4v) is 4.77. The van der Waals surface area contributed by atoms with Crippen LogP contribution in [0, 0.1) is 5.41 Å². The SMILES string of the molecule is COCC1(C(=O)N2CCN(CC(=O)NC3CCCCC3)CC2)CCNCC1.Cl.Cl. The summed E-state index contributed by atoms with van der Waals surface area (Å²) in [4.78, 5) is 29.7. The summed E-state index contributed by atoms with van der Waals surface area (Å²) in [6.45, 7) is 5.63. The summed E-state index contributed by atoms with van der Waals surface area (Å²) in [5.41, 5.74) is -0.374. The van der Waals surface area contributed by atoms with Gasteiger partial charge in [0.05, 0.1) is 18.6 Å². The number of nitrogens with one attached hydrogen (secondary N) is 2. The van der Waals surface area contributed by atoms with Crippen molar-refractivity contribution in [2.75, 3.05) is 59.5 Å². The van der Waals surface area contributed by atoms with Crippen molar-refractivity contribution in [2.45, 2.75) is 51.0 Å². The van der Waals surface area contributed by atoms with Crippen LogP contribution in [0.4, 0.5) is 0 Å². The zero-order chi connectivity index (χ0) is 19.1. The minimum atomic E-state index is -0.374. The van der Waals surface area contributed by atoms with Gasteiger partial charge in [-0.05, 0) is 38.8 Å². The van der Waals surface area contributed by atoms with Crippen molar-refractivity contribution in [1.29, 1.82) is 0 Å². The largest absolute Gasteiger partial charge is 0.384 e. The molecule has 1 aliphatic carbocycles. The molecule has 0 aromatic heterocycles. The summed E-state index contributed by atoms with van der Waals surface area (Å²) < 4.78 is 5.40. The molecule has 0 aromatic rings. The van der Waals surface area contributed by atoms with Crippen LogP contribution in [0.1, 0.15) is 44.9 Å². The van der Waals surface area contributed by atoms with Crippen molar-refractivity contribution < 1.29 is 14.3 Å². The van der Waals surface area contributed by atoms with Crippen LogP contribution in [0.2, 0.25) is 0 Å². The van der Waals surface area contributed by atoms with Crippen LogP contribution in [-0.2, 0) is 14.3 Å². The van der Waals surface area contributed by atoms with E-state index in [4.69, 9.17) is 4.74 Å². The zero-order valence-electron chi connectivity index (χ0n) is 17.6. The van der Waals surface area contributed by atoms with E-state index in [1.165, 1.54) is 19.3 Å². The molecule has 3 rings (SSSR count). The standard InChI is InChI=1S/C20H36N4O3.2ClH/c1-27-16-20(7-9-21-10-8-20)19(26)24-13-11-23(12-14-24)15-18(25)22-17-5-3-2-4-6-17;;/h17,21H,2-16H2,1H3,(H,22,25);2*1H. The first-order valence-corrected chi connectivity index (χ1v) is 10.6. The molecule has 9 heteroatoms. The second kappa shape index (κ2) is 13.0. The highest BCUT2D eigenvalue weighted by Crippen LogP contribution is 2.32. The third kappa shape index (κ3) is 7.24. The van der Waals surface area contributed by atoms with Gasteiger partial charge in [0.2, 0.25) is 11.8 Å². The molecule has 3 aliphatic rings. The molecule has 2 heterocycles. The lowest BCUT2D eigenvalue weighted by Crippen LogP contribution is -2.57. The molecular weight excluding hydrogens is 415 g/mol. The van der Waals surface area contributed by atoms with E-state index in [0.717, 1.165) is 51.9 Å². The average Bonchev–Trinajstić information content (AvgIpc) is 2.70. The van der Waals surface area contributed by atoms with Gasteiger partial charge >= 0.3 is 0 Å². The Bertz CT molecular complexity index is 498. The Hall–Kier alpha value is -0.600. The monoisotopic (exact) mass is 452 g/mol. The van der Waals surface area contributed by atoms with E-state index in [9.17, 15) is 9.59 Å². The molecule has 3 fully saturated rings. The Labute approximate surface area is 187 Å². The number of halogens is 2. The number of hydrogen-bond acceptors (Lipinski definition) is 5. The van der Waals surface area contributed by atoms with Crippen molar-refractivity contribution >= 4 is 36.6 Å². The molecule has 0 bridgehead atoms. The van der Waals surface area contributed by atoms with Crippen LogP contribution in [0.3, 0.4) is 0 Å². The molecule has 2 aliphatic heterocycles. The average molecular weight is 453 g/mol. The van der Waals surface area contributed by atoms with E-state index in [-0.39, 0.29) is 42.0 Å². The predicted molar refractivity (Wildman–Crippen MR) is 119 cm³/mol. The summed E-state index contributed by atoms with van der Waals surface area (Å²) >= 11 is 0. The zero-order valence-corrected chi connectivity index (χ0v) is 19.3. The summed E-state index contributed by atoms with van der Waals surface area (Å²) in [5, 5.41) is 6.53. The number of carbonyl (C=O) groups excluding carboxylic acids is 2. The minimum absolute atomic E-state index is 0. The lowest BCUT2D eigenvalue weighted by molar-refractivity contribution is -0.149. The maximum absolute atomic E-state index is 13.2. The molecule has 7 nitrogen and oxygen atoms in total. The first kappa shape index (κ1) is 26.4. The number of methoxy groups -OCH3 is 1. The molecular formula is C20H38Cl2N4O3. The van der Waals surface area contributed by atoms with Crippen LogP contribution in [0.5, 0.6) is 0 Å². The highest BCUT2D eigenvalue weighted by atomic mass is 35.5. The van der Waals surface area contributed by atoms with Gasteiger partial charge < -0.3 is 20.3 Å². The molecule has 170 valence electrons. The Morgan fingerprint density at radius 2 is 1.66 bits per heavy atom. The quantitative estimate of drug-likeness (QED) is 0.637. The highest BCUT2D eigenvalue weighted by Gasteiger charge is 2.42. The molecule has 0 unspecified atom stereocenters. The Balaban J connectivity index is 0.00000210. The van der Waals surface area contributed by atoms with Crippen LogP contribution < -0.4 is 10.6 Å². The Kier molecular flexibility index (Phi) is 11.8. The van der Waals surface area contributed by atoms with Gasteiger partial charge in [0, 0.05) is 39.3 Å². The van der Waals surface area contributed by atoms with Gasteiger partial charge in [-0.15, -0.1) is 24.8 Å². The third-order valence-corrected chi connectivity index (χ3v) is 6.43. The van der Waals surface area contributed by atoms with Gasteiger partial charge in [0.25, 0.3) is 0 Å². The van der Waals surface area contributed by atoms with Crippen molar-refractivity contribution in [3.05, 3.63) is 0 Å². The molecule has 29 heavy (non-hydrogen) atoms. The van der Waals surface area contributed by atoms with Gasteiger partial charge in [0.1, 0.15) is 0 Å². The van der Waals surface area contributed by atoms with E-state index < -0.39 is 0 Å². The fourth-order valence-electron chi connectivity index (χ4n) is 4.77. The van der Waals surface area contributed by atoms with Crippen molar-refractivity contribution in [2.24, 2.45) is 5.41 Å². The number of amides is 2. The highest BCUT2D eigenvalue weighted by molar-refractivity contribution is 5.85. The third-order valence-electron chi connectivity index (χ3n) is 6.43. The fraction of sp³-hybridized carbons (Fsp3) is 0.900. The number of nitrogens with zero attached hydrogens (tertiary/aromatic N) is 2. The van der Waals surface area contributed by atoms with E-state index in [2.05, 4.69) is 15.5 Å². The Morgan fingerprint density at radius 1 is 1.03 bits per heavy atom. The first-order chi connectivity index (χ1) is 13.1. The van der Waals surface area contributed by atoms with Crippen LogP contribution >= 0.6 is 24.8 Å². The first-order valence-electron chi connectivity index (χ1n) is 10.6. The number of carbonyl (C=O) groups is 2. The van der Waals surface area contributed by atoms with E-state index in [1.54, 1.807) is 7.11 Å². The predicted octanol–water partition coefficient (Wildman–Crippen LogP) is 1.44. The van der Waals surface area contributed by atoms with Crippen molar-refractivity contribution in [3.63, 3.8) is 0 Å². The smallest absolute Gasteiger partial charge is 0.234 e. The lowest BCUT2D eigenvalue weighted by Gasteiger charge is -2.42. The van der Waals surface area contributed by atoms with Crippen LogP contribution in [-0.4, -0.2) is 87.2 Å². The normalized spacial score (nSPS) is 22.9. The molecule has 2 N–H and O–H groups in total. The van der Waals surface area contributed by atoms with Gasteiger partial charge in [-0.1, -0.05) is 19.3 Å². The van der Waals surface area contributed by atoms with Crippen LogP contribution in [0.25, 0.3) is 0 Å². The van der Waals surface area contributed by atoms with E-state index in [1.807, 2.05) is 4.90 Å². The van der Waals surface area contributed by atoms with Gasteiger partial charge in [-0.25, -0.2) is 0 Å². The molecule has 0 radical (unpaired) electrons. The lowest BCUT2D eigenvalue weighted by atomic mass is 9.78. The van der Waals surface area contributed by atoms with E-state index in [0.29, 0.717) is 32.3 Å². The topological polar surface area (TPSA) is 73.9 Å². The van der Waals surface area contributed by atoms with Crippen molar-refractivity contribution in [3.8, 4) is 0 Å². The van der Waals surface area contributed by atoms with Gasteiger partial charge in [0.15, 0.2) is 0 Å². The summed E-state index contributed by atoms with van der Waals surface area (Å²) in [7, 11) is 1.68. The number of rotatable bonds is 6. The molecule has 0 aromatic carbocycles. The maximum Gasteiger partial charge on any atom is 0.234 e. The Morgan fingerprint density at radius 3 is 2.24 bits per heavy atom. The maximum atomic E-state index is 13.2. The summed E-state index contributed by atoms with van der Waals surface area (Å²) in [5.74, 6) is 0.369. The summed E-state index contributed by atoms with van der Waals surface area (Å²) in [6.07, 6.45) is 7.65. The van der Waals surface area contributed by atoms with Gasteiger partial charge in [-0.2, -0.15) is 0 Å². The number of ether oxygens (including phenoxy) is 1. The van der Waals surface area contributed by atoms with E-state index >= 15 is 0 Å².